The highest BCUT2D eigenvalue weighted by molar-refractivity contribution is 5.85. The van der Waals surface area contributed by atoms with E-state index in [4.69, 9.17) is 9.84 Å². The van der Waals surface area contributed by atoms with E-state index in [-0.39, 0.29) is 11.1 Å². The van der Waals surface area contributed by atoms with Crippen molar-refractivity contribution in [1.29, 1.82) is 0 Å². The standard InChI is InChI=1S/C14H16N2O3/c1-14(2,9-4-6-10(19-3)7-5-9)12-8-11(13(17)18)15-16-12/h4-8H,1-3H3,(H,15,16)(H,17,18). The van der Waals surface area contributed by atoms with Gasteiger partial charge in [0.1, 0.15) is 5.75 Å². The molecule has 0 aliphatic heterocycles. The van der Waals surface area contributed by atoms with E-state index in [1.54, 1.807) is 13.2 Å². The zero-order chi connectivity index (χ0) is 14.0. The third-order valence-electron chi connectivity index (χ3n) is 3.28. The van der Waals surface area contributed by atoms with Gasteiger partial charge < -0.3 is 9.84 Å². The van der Waals surface area contributed by atoms with Gasteiger partial charge >= 0.3 is 5.97 Å². The first-order valence-corrected chi connectivity index (χ1v) is 5.89. The van der Waals surface area contributed by atoms with Crippen molar-refractivity contribution < 1.29 is 14.6 Å². The minimum absolute atomic E-state index is 0.0246. The Bertz CT molecular complexity index is 585. The normalized spacial score (nSPS) is 11.3. The maximum Gasteiger partial charge on any atom is 0.356 e. The van der Waals surface area contributed by atoms with Crippen LogP contribution < -0.4 is 4.74 Å². The lowest BCUT2D eigenvalue weighted by Gasteiger charge is -2.23. The van der Waals surface area contributed by atoms with Gasteiger partial charge in [-0.3, -0.25) is 5.10 Å². The highest BCUT2D eigenvalue weighted by atomic mass is 16.5. The maximum absolute atomic E-state index is 10.9. The van der Waals surface area contributed by atoms with Gasteiger partial charge in [-0.2, -0.15) is 5.10 Å². The van der Waals surface area contributed by atoms with Gasteiger partial charge in [0.25, 0.3) is 0 Å². The smallest absolute Gasteiger partial charge is 0.356 e. The first kappa shape index (κ1) is 13.1. The van der Waals surface area contributed by atoms with Gasteiger partial charge in [0.05, 0.1) is 7.11 Å². The SMILES string of the molecule is COc1ccc(C(C)(C)c2cc(C(=O)O)n[nH]2)cc1. The molecule has 0 bridgehead atoms. The fourth-order valence-corrected chi connectivity index (χ4v) is 1.91. The number of carbonyl (C=O) groups is 1. The summed E-state index contributed by atoms with van der Waals surface area (Å²) in [6.07, 6.45) is 0. The van der Waals surface area contributed by atoms with Crippen LogP contribution in [0.25, 0.3) is 0 Å². The van der Waals surface area contributed by atoms with E-state index in [1.807, 2.05) is 38.1 Å². The number of aromatic carboxylic acids is 1. The van der Waals surface area contributed by atoms with E-state index < -0.39 is 5.97 Å². The number of hydrogen-bond acceptors (Lipinski definition) is 3. The number of ether oxygens (including phenoxy) is 1. The number of hydrogen-bond donors (Lipinski definition) is 2. The molecule has 0 aliphatic rings. The van der Waals surface area contributed by atoms with Crippen molar-refractivity contribution in [1.82, 2.24) is 10.2 Å². The molecular formula is C14H16N2O3. The zero-order valence-corrected chi connectivity index (χ0v) is 11.1. The Labute approximate surface area is 111 Å². The van der Waals surface area contributed by atoms with Crippen molar-refractivity contribution in [3.63, 3.8) is 0 Å². The van der Waals surface area contributed by atoms with Gasteiger partial charge in [-0.05, 0) is 23.8 Å². The summed E-state index contributed by atoms with van der Waals surface area (Å²) in [6.45, 7) is 4.02. The Kier molecular flexibility index (Phi) is 3.29. The van der Waals surface area contributed by atoms with Crippen molar-refractivity contribution in [2.24, 2.45) is 0 Å². The third-order valence-corrected chi connectivity index (χ3v) is 3.28. The average Bonchev–Trinajstić information content (AvgIpc) is 2.89. The largest absolute Gasteiger partial charge is 0.497 e. The fourth-order valence-electron chi connectivity index (χ4n) is 1.91. The van der Waals surface area contributed by atoms with Gasteiger partial charge in [-0.1, -0.05) is 26.0 Å². The van der Waals surface area contributed by atoms with Crippen LogP contribution in [0.5, 0.6) is 5.75 Å². The lowest BCUT2D eigenvalue weighted by Crippen LogP contribution is -2.19. The van der Waals surface area contributed by atoms with Crippen LogP contribution in [0.4, 0.5) is 0 Å². The van der Waals surface area contributed by atoms with Crippen molar-refractivity contribution >= 4 is 5.97 Å². The van der Waals surface area contributed by atoms with Crippen LogP contribution in [0.15, 0.2) is 30.3 Å². The summed E-state index contributed by atoms with van der Waals surface area (Å²) in [5.41, 5.74) is 1.48. The van der Waals surface area contributed by atoms with Crippen LogP contribution in [0.3, 0.4) is 0 Å². The highest BCUT2D eigenvalue weighted by Gasteiger charge is 2.26. The molecule has 5 heteroatoms. The predicted octanol–water partition coefficient (Wildman–Crippen LogP) is 2.44. The molecule has 2 rings (SSSR count). The molecule has 19 heavy (non-hydrogen) atoms. The molecule has 0 saturated heterocycles. The molecule has 0 aliphatic carbocycles. The number of aromatic nitrogens is 2. The number of rotatable bonds is 4. The van der Waals surface area contributed by atoms with Gasteiger partial charge in [0.2, 0.25) is 0 Å². The molecule has 2 N–H and O–H groups in total. The van der Waals surface area contributed by atoms with Crippen LogP contribution in [0, 0.1) is 0 Å². The van der Waals surface area contributed by atoms with Gasteiger partial charge in [0, 0.05) is 11.1 Å². The lowest BCUT2D eigenvalue weighted by atomic mass is 9.81. The molecule has 0 fully saturated rings. The minimum Gasteiger partial charge on any atom is -0.497 e. The molecule has 5 nitrogen and oxygen atoms in total. The second-order valence-corrected chi connectivity index (χ2v) is 4.83. The van der Waals surface area contributed by atoms with Crippen LogP contribution in [0.2, 0.25) is 0 Å². The van der Waals surface area contributed by atoms with Crippen molar-refractivity contribution in [3.8, 4) is 5.75 Å². The number of carboxylic acids is 1. The van der Waals surface area contributed by atoms with E-state index in [1.165, 1.54) is 0 Å². The molecule has 0 unspecified atom stereocenters. The number of H-pyrrole nitrogens is 1. The molecular weight excluding hydrogens is 244 g/mol. The number of aromatic amines is 1. The molecule has 0 spiro atoms. The first-order valence-electron chi connectivity index (χ1n) is 5.89. The summed E-state index contributed by atoms with van der Waals surface area (Å²) < 4.78 is 5.13. The molecule has 1 aromatic carbocycles. The lowest BCUT2D eigenvalue weighted by molar-refractivity contribution is 0.0690. The van der Waals surface area contributed by atoms with Crippen molar-refractivity contribution in [2.75, 3.05) is 7.11 Å². The summed E-state index contributed by atoms with van der Waals surface area (Å²) in [5, 5.41) is 15.5. The summed E-state index contributed by atoms with van der Waals surface area (Å²) in [6, 6.07) is 9.24. The van der Waals surface area contributed by atoms with Crippen LogP contribution in [0.1, 0.15) is 35.6 Å². The number of nitrogens with one attached hydrogen (secondary N) is 1. The van der Waals surface area contributed by atoms with E-state index in [2.05, 4.69) is 10.2 Å². The quantitative estimate of drug-likeness (QED) is 0.885. The molecule has 2 aromatic rings. The summed E-state index contributed by atoms with van der Waals surface area (Å²) in [4.78, 5) is 10.9. The highest BCUT2D eigenvalue weighted by Crippen LogP contribution is 2.31. The topological polar surface area (TPSA) is 75.2 Å². The Morgan fingerprint density at radius 1 is 1.32 bits per heavy atom. The molecule has 0 saturated carbocycles. The predicted molar refractivity (Wildman–Crippen MR) is 70.7 cm³/mol. The monoisotopic (exact) mass is 260 g/mol. The fraction of sp³-hybridized carbons (Fsp3) is 0.286. The van der Waals surface area contributed by atoms with E-state index in [0.29, 0.717) is 0 Å². The zero-order valence-electron chi connectivity index (χ0n) is 11.1. The van der Waals surface area contributed by atoms with Crippen molar-refractivity contribution in [3.05, 3.63) is 47.3 Å². The Hall–Kier alpha value is -2.30. The number of benzene rings is 1. The number of carboxylic acid groups (broad SMARTS) is 1. The number of nitrogens with zero attached hydrogens (tertiary/aromatic N) is 1. The van der Waals surface area contributed by atoms with E-state index in [0.717, 1.165) is 17.0 Å². The Balaban J connectivity index is 2.36. The summed E-state index contributed by atoms with van der Waals surface area (Å²) in [7, 11) is 1.62. The third kappa shape index (κ3) is 2.45. The number of methoxy groups -OCH3 is 1. The molecule has 100 valence electrons. The minimum atomic E-state index is -1.03. The molecule has 1 heterocycles. The maximum atomic E-state index is 10.9. The molecule has 0 amide bonds. The Morgan fingerprint density at radius 3 is 2.42 bits per heavy atom. The second kappa shape index (κ2) is 4.76. The first-order chi connectivity index (χ1) is 8.95. The van der Waals surface area contributed by atoms with E-state index >= 15 is 0 Å². The van der Waals surface area contributed by atoms with Crippen LogP contribution in [-0.2, 0) is 5.41 Å². The second-order valence-electron chi connectivity index (χ2n) is 4.83. The van der Waals surface area contributed by atoms with Crippen molar-refractivity contribution in [2.45, 2.75) is 19.3 Å². The van der Waals surface area contributed by atoms with Gasteiger partial charge in [-0.15, -0.1) is 0 Å². The average molecular weight is 260 g/mol. The molecule has 0 atom stereocenters. The molecule has 1 aromatic heterocycles. The van der Waals surface area contributed by atoms with Crippen LogP contribution in [-0.4, -0.2) is 28.4 Å². The van der Waals surface area contributed by atoms with Gasteiger partial charge in [0.15, 0.2) is 5.69 Å². The summed E-state index contributed by atoms with van der Waals surface area (Å²) >= 11 is 0. The summed E-state index contributed by atoms with van der Waals surface area (Å²) in [5.74, 6) is -0.247. The van der Waals surface area contributed by atoms with E-state index in [9.17, 15) is 4.79 Å². The van der Waals surface area contributed by atoms with Gasteiger partial charge in [-0.25, -0.2) is 4.79 Å². The molecule has 0 radical (unpaired) electrons. The Morgan fingerprint density at radius 2 is 1.95 bits per heavy atom. The van der Waals surface area contributed by atoms with Crippen LogP contribution >= 0.6 is 0 Å².